The Balaban J connectivity index is 2.31. The van der Waals surface area contributed by atoms with E-state index in [1.165, 1.54) is 15.6 Å². The van der Waals surface area contributed by atoms with Gasteiger partial charge in [0, 0.05) is 21.8 Å². The predicted octanol–water partition coefficient (Wildman–Crippen LogP) is 3.76. The minimum atomic E-state index is 1.03. The van der Waals surface area contributed by atoms with Crippen molar-refractivity contribution in [2.24, 2.45) is 0 Å². The molecule has 1 radical (unpaired) electrons. The minimum absolute atomic E-state index is 1.03. The molecule has 3 aromatic rings. The van der Waals surface area contributed by atoms with E-state index in [1.54, 1.807) is 11.3 Å². The van der Waals surface area contributed by atoms with Crippen LogP contribution in [0.1, 0.15) is 0 Å². The Bertz CT molecular complexity index is 584. The average molecular weight is 210 g/mol. The fourth-order valence-corrected chi connectivity index (χ4v) is 2.54. The lowest BCUT2D eigenvalue weighted by Gasteiger charge is -2.00. The third-order valence-electron chi connectivity index (χ3n) is 2.34. The number of aromatic nitrogens is 1. The molecule has 2 aromatic heterocycles. The summed E-state index contributed by atoms with van der Waals surface area (Å²) in [6.45, 7) is 0. The highest BCUT2D eigenvalue weighted by molar-refractivity contribution is 7.17. The van der Waals surface area contributed by atoms with Gasteiger partial charge in [-0.25, -0.2) is 0 Å². The molecule has 15 heavy (non-hydrogen) atoms. The zero-order valence-electron chi connectivity index (χ0n) is 7.97. The van der Waals surface area contributed by atoms with Crippen molar-refractivity contribution in [3.8, 4) is 11.3 Å². The number of benzene rings is 1. The number of hydrogen-bond donors (Lipinski definition) is 0. The maximum Gasteiger partial charge on any atom is 0.0716 e. The van der Waals surface area contributed by atoms with Crippen LogP contribution in [0, 0.1) is 6.07 Å². The van der Waals surface area contributed by atoms with Crippen LogP contribution < -0.4 is 0 Å². The number of pyridine rings is 1. The van der Waals surface area contributed by atoms with Crippen LogP contribution in [0.3, 0.4) is 0 Å². The van der Waals surface area contributed by atoms with Crippen molar-refractivity contribution in [1.82, 2.24) is 4.98 Å². The number of hydrogen-bond acceptors (Lipinski definition) is 2. The van der Waals surface area contributed by atoms with Gasteiger partial charge in [0.15, 0.2) is 0 Å². The molecular formula is C13H8NS. The zero-order valence-corrected chi connectivity index (χ0v) is 8.79. The van der Waals surface area contributed by atoms with Crippen molar-refractivity contribution in [1.29, 1.82) is 0 Å². The summed E-state index contributed by atoms with van der Waals surface area (Å²) in [5.74, 6) is 0. The van der Waals surface area contributed by atoms with E-state index in [-0.39, 0.29) is 0 Å². The van der Waals surface area contributed by atoms with Crippen LogP contribution in [-0.4, -0.2) is 4.98 Å². The van der Waals surface area contributed by atoms with Crippen LogP contribution >= 0.6 is 11.3 Å². The second-order valence-corrected chi connectivity index (χ2v) is 4.19. The third-order valence-corrected chi connectivity index (χ3v) is 3.29. The van der Waals surface area contributed by atoms with Gasteiger partial charge in [0.1, 0.15) is 0 Å². The van der Waals surface area contributed by atoms with Gasteiger partial charge in [-0.05, 0) is 29.6 Å². The van der Waals surface area contributed by atoms with Gasteiger partial charge in [0.2, 0.25) is 0 Å². The Labute approximate surface area is 92.0 Å². The van der Waals surface area contributed by atoms with Crippen molar-refractivity contribution in [3.63, 3.8) is 0 Å². The van der Waals surface area contributed by atoms with Gasteiger partial charge in [-0.1, -0.05) is 18.2 Å². The Hall–Kier alpha value is -1.67. The molecule has 0 aliphatic carbocycles. The molecule has 0 aliphatic heterocycles. The van der Waals surface area contributed by atoms with Crippen molar-refractivity contribution in [3.05, 3.63) is 54.0 Å². The molecule has 71 valence electrons. The molecule has 0 aliphatic rings. The van der Waals surface area contributed by atoms with Crippen LogP contribution in [0.5, 0.6) is 0 Å². The fourth-order valence-electron chi connectivity index (χ4n) is 1.65. The molecule has 0 amide bonds. The quantitative estimate of drug-likeness (QED) is 0.596. The number of nitrogens with zero attached hydrogens (tertiary/aromatic N) is 1. The van der Waals surface area contributed by atoms with E-state index in [4.69, 9.17) is 0 Å². The lowest BCUT2D eigenvalue weighted by molar-refractivity contribution is 1.33. The van der Waals surface area contributed by atoms with Crippen molar-refractivity contribution < 1.29 is 0 Å². The van der Waals surface area contributed by atoms with Crippen LogP contribution in [0.4, 0.5) is 0 Å². The van der Waals surface area contributed by atoms with Crippen LogP contribution in [0.2, 0.25) is 0 Å². The van der Waals surface area contributed by atoms with Crippen LogP contribution in [0.25, 0.3) is 21.3 Å². The molecule has 3 rings (SSSR count). The van der Waals surface area contributed by atoms with E-state index in [2.05, 4.69) is 28.6 Å². The molecule has 0 saturated heterocycles. The van der Waals surface area contributed by atoms with Crippen LogP contribution in [-0.2, 0) is 0 Å². The van der Waals surface area contributed by atoms with Crippen molar-refractivity contribution >= 4 is 21.4 Å². The van der Waals surface area contributed by atoms with Crippen LogP contribution in [0.15, 0.2) is 48.0 Å². The van der Waals surface area contributed by atoms with E-state index in [0.29, 0.717) is 0 Å². The minimum Gasteiger partial charge on any atom is -0.256 e. The monoisotopic (exact) mass is 210 g/mol. The first-order chi connectivity index (χ1) is 7.45. The smallest absolute Gasteiger partial charge is 0.0716 e. The summed E-state index contributed by atoms with van der Waals surface area (Å²) in [5, 5.41) is 3.26. The maximum atomic E-state index is 4.37. The standard InChI is InChI=1S/C13H8NS/c1-2-8-14-12(6-1)11-5-3-4-10-7-9-15-13(10)11/h1-3,5-9H. The van der Waals surface area contributed by atoms with E-state index in [0.717, 1.165) is 5.69 Å². The molecule has 0 saturated carbocycles. The number of thiophene rings is 1. The van der Waals surface area contributed by atoms with E-state index in [9.17, 15) is 0 Å². The summed E-state index contributed by atoms with van der Waals surface area (Å²) in [7, 11) is 0. The van der Waals surface area contributed by atoms with E-state index < -0.39 is 0 Å². The summed E-state index contributed by atoms with van der Waals surface area (Å²) in [5.41, 5.74) is 2.22. The molecular weight excluding hydrogens is 202 g/mol. The SMILES string of the molecule is [c]1ccc(-c2ccccn2)c2sccc12. The van der Waals surface area contributed by atoms with Gasteiger partial charge in [-0.15, -0.1) is 11.3 Å². The lowest BCUT2D eigenvalue weighted by atomic mass is 10.1. The van der Waals surface area contributed by atoms with E-state index in [1.807, 2.05) is 30.5 Å². The molecule has 2 heterocycles. The normalized spacial score (nSPS) is 10.7. The second-order valence-electron chi connectivity index (χ2n) is 3.27. The third kappa shape index (κ3) is 1.43. The first-order valence-corrected chi connectivity index (χ1v) is 5.62. The number of rotatable bonds is 1. The van der Waals surface area contributed by atoms with Crippen molar-refractivity contribution in [2.45, 2.75) is 0 Å². The lowest BCUT2D eigenvalue weighted by Crippen LogP contribution is -1.81. The molecule has 0 unspecified atom stereocenters. The Morgan fingerprint density at radius 3 is 3.00 bits per heavy atom. The van der Waals surface area contributed by atoms with Gasteiger partial charge in [-0.3, -0.25) is 4.98 Å². The zero-order chi connectivity index (χ0) is 10.1. The molecule has 0 fully saturated rings. The predicted molar refractivity (Wildman–Crippen MR) is 63.9 cm³/mol. The molecule has 2 heteroatoms. The highest BCUT2D eigenvalue weighted by Gasteiger charge is 2.04. The molecule has 0 bridgehead atoms. The number of fused-ring (bicyclic) bond motifs is 1. The second kappa shape index (κ2) is 3.48. The highest BCUT2D eigenvalue weighted by atomic mass is 32.1. The topological polar surface area (TPSA) is 12.9 Å². The van der Waals surface area contributed by atoms with Gasteiger partial charge in [0.25, 0.3) is 0 Å². The fraction of sp³-hybridized carbons (Fsp3) is 0. The molecule has 1 nitrogen and oxygen atoms in total. The summed E-state index contributed by atoms with van der Waals surface area (Å²) >= 11 is 1.74. The average Bonchev–Trinajstić information content (AvgIpc) is 2.78. The molecule has 1 aromatic carbocycles. The first kappa shape index (κ1) is 8.62. The summed E-state index contributed by atoms with van der Waals surface area (Å²) < 4.78 is 1.26. The molecule has 0 atom stereocenters. The molecule has 0 spiro atoms. The van der Waals surface area contributed by atoms with Gasteiger partial charge < -0.3 is 0 Å². The maximum absolute atomic E-state index is 4.37. The Morgan fingerprint density at radius 1 is 1.13 bits per heavy atom. The van der Waals surface area contributed by atoms with E-state index >= 15 is 0 Å². The van der Waals surface area contributed by atoms with Gasteiger partial charge in [0.05, 0.1) is 5.69 Å². The van der Waals surface area contributed by atoms with Gasteiger partial charge >= 0.3 is 0 Å². The summed E-state index contributed by atoms with van der Waals surface area (Å²) in [6.07, 6.45) is 1.82. The Morgan fingerprint density at radius 2 is 2.13 bits per heavy atom. The molecule has 0 N–H and O–H groups in total. The summed E-state index contributed by atoms with van der Waals surface area (Å²) in [6, 6.07) is 15.3. The van der Waals surface area contributed by atoms with Gasteiger partial charge in [-0.2, -0.15) is 0 Å². The van der Waals surface area contributed by atoms with Crippen molar-refractivity contribution in [2.75, 3.05) is 0 Å². The summed E-state index contributed by atoms with van der Waals surface area (Å²) in [4.78, 5) is 4.37. The largest absolute Gasteiger partial charge is 0.256 e. The highest BCUT2D eigenvalue weighted by Crippen LogP contribution is 2.30. The Kier molecular flexibility index (Phi) is 2.00. The first-order valence-electron chi connectivity index (χ1n) is 4.74.